The SMILES string of the molecule is Cc1ccccc1C1Nc2cscc2NC1=O. The minimum atomic E-state index is -0.293. The number of anilines is 2. The van der Waals surface area contributed by atoms with E-state index in [1.165, 1.54) is 0 Å². The van der Waals surface area contributed by atoms with Gasteiger partial charge in [0.15, 0.2) is 0 Å². The number of nitrogens with one attached hydrogen (secondary N) is 2. The Balaban J connectivity index is 2.01. The Morgan fingerprint density at radius 1 is 1.18 bits per heavy atom. The molecule has 0 saturated carbocycles. The Labute approximate surface area is 103 Å². The van der Waals surface area contributed by atoms with Crippen LogP contribution in [0, 0.1) is 6.92 Å². The largest absolute Gasteiger partial charge is 0.368 e. The van der Waals surface area contributed by atoms with Crippen LogP contribution in [0.1, 0.15) is 17.2 Å². The first-order valence-electron chi connectivity index (χ1n) is 5.45. The molecule has 1 unspecified atom stereocenters. The number of thiophene rings is 1. The lowest BCUT2D eigenvalue weighted by Crippen LogP contribution is -2.31. The lowest BCUT2D eigenvalue weighted by atomic mass is 9.99. The van der Waals surface area contributed by atoms with Gasteiger partial charge in [0, 0.05) is 10.8 Å². The third kappa shape index (κ3) is 1.70. The first-order chi connectivity index (χ1) is 8.25. The smallest absolute Gasteiger partial charge is 0.251 e. The highest BCUT2D eigenvalue weighted by Crippen LogP contribution is 2.35. The summed E-state index contributed by atoms with van der Waals surface area (Å²) < 4.78 is 0. The van der Waals surface area contributed by atoms with Crippen molar-refractivity contribution in [3.8, 4) is 0 Å². The molecule has 1 aromatic carbocycles. The van der Waals surface area contributed by atoms with Gasteiger partial charge in [0.1, 0.15) is 6.04 Å². The average molecular weight is 244 g/mol. The second-order valence-electron chi connectivity index (χ2n) is 4.12. The molecule has 1 aliphatic heterocycles. The summed E-state index contributed by atoms with van der Waals surface area (Å²) in [6, 6.07) is 7.66. The highest BCUT2D eigenvalue weighted by atomic mass is 32.1. The maximum Gasteiger partial charge on any atom is 0.251 e. The number of carbonyl (C=O) groups excluding carboxylic acids is 1. The molecule has 1 aliphatic rings. The fourth-order valence-corrected chi connectivity index (χ4v) is 2.78. The van der Waals surface area contributed by atoms with Crippen molar-refractivity contribution < 1.29 is 4.79 Å². The van der Waals surface area contributed by atoms with E-state index < -0.39 is 0 Å². The number of hydrogen-bond acceptors (Lipinski definition) is 3. The minimum Gasteiger partial charge on any atom is -0.368 e. The molecule has 3 nitrogen and oxygen atoms in total. The second-order valence-corrected chi connectivity index (χ2v) is 4.87. The molecule has 0 radical (unpaired) electrons. The van der Waals surface area contributed by atoms with Crippen LogP contribution in [0.5, 0.6) is 0 Å². The molecule has 0 spiro atoms. The molecule has 2 heterocycles. The highest BCUT2D eigenvalue weighted by Gasteiger charge is 2.27. The summed E-state index contributed by atoms with van der Waals surface area (Å²) in [5, 5.41) is 10.2. The van der Waals surface area contributed by atoms with Gasteiger partial charge in [-0.25, -0.2) is 0 Å². The van der Waals surface area contributed by atoms with E-state index in [0.717, 1.165) is 22.5 Å². The van der Waals surface area contributed by atoms with Gasteiger partial charge in [0.25, 0.3) is 5.91 Å². The van der Waals surface area contributed by atoms with E-state index in [1.807, 2.05) is 41.9 Å². The monoisotopic (exact) mass is 244 g/mol. The van der Waals surface area contributed by atoms with Crippen LogP contribution in [-0.2, 0) is 4.79 Å². The summed E-state index contributed by atoms with van der Waals surface area (Å²) in [5.41, 5.74) is 4.04. The molecule has 0 bridgehead atoms. The van der Waals surface area contributed by atoms with Crippen molar-refractivity contribution >= 4 is 28.6 Å². The van der Waals surface area contributed by atoms with E-state index in [9.17, 15) is 4.79 Å². The van der Waals surface area contributed by atoms with Crippen LogP contribution in [0.3, 0.4) is 0 Å². The first kappa shape index (κ1) is 10.4. The zero-order chi connectivity index (χ0) is 11.8. The zero-order valence-electron chi connectivity index (χ0n) is 9.36. The van der Waals surface area contributed by atoms with Crippen molar-refractivity contribution in [2.45, 2.75) is 13.0 Å². The van der Waals surface area contributed by atoms with E-state index in [-0.39, 0.29) is 11.9 Å². The number of carbonyl (C=O) groups is 1. The first-order valence-corrected chi connectivity index (χ1v) is 6.39. The summed E-state index contributed by atoms with van der Waals surface area (Å²) in [6.07, 6.45) is 0. The van der Waals surface area contributed by atoms with Crippen LogP contribution in [-0.4, -0.2) is 5.91 Å². The standard InChI is InChI=1S/C13H12N2OS/c1-8-4-2-3-5-9(8)12-13(16)15-11-7-17-6-10(11)14-12/h2-7,12,14H,1H3,(H,15,16). The summed E-state index contributed by atoms with van der Waals surface area (Å²) in [5.74, 6) is 0.00481. The van der Waals surface area contributed by atoms with Gasteiger partial charge in [-0.1, -0.05) is 24.3 Å². The van der Waals surface area contributed by atoms with E-state index in [0.29, 0.717) is 0 Å². The number of amides is 1. The van der Waals surface area contributed by atoms with Gasteiger partial charge in [-0.05, 0) is 18.1 Å². The summed E-state index contributed by atoms with van der Waals surface area (Å²) in [7, 11) is 0. The Morgan fingerprint density at radius 3 is 2.76 bits per heavy atom. The molecule has 2 aromatic rings. The van der Waals surface area contributed by atoms with E-state index in [4.69, 9.17) is 0 Å². The van der Waals surface area contributed by atoms with Gasteiger partial charge in [0.2, 0.25) is 0 Å². The Morgan fingerprint density at radius 2 is 1.94 bits per heavy atom. The Kier molecular flexibility index (Phi) is 2.37. The lowest BCUT2D eigenvalue weighted by Gasteiger charge is -2.26. The molecule has 2 N–H and O–H groups in total. The molecule has 17 heavy (non-hydrogen) atoms. The van der Waals surface area contributed by atoms with E-state index in [2.05, 4.69) is 10.6 Å². The molecule has 4 heteroatoms. The maximum absolute atomic E-state index is 12.0. The van der Waals surface area contributed by atoms with E-state index >= 15 is 0 Å². The molecular weight excluding hydrogens is 232 g/mol. The molecule has 3 rings (SSSR count). The molecule has 1 amide bonds. The number of rotatable bonds is 1. The van der Waals surface area contributed by atoms with Crippen LogP contribution < -0.4 is 10.6 Å². The van der Waals surface area contributed by atoms with Crippen LogP contribution in [0.4, 0.5) is 11.4 Å². The molecule has 0 saturated heterocycles. The summed E-state index contributed by atoms with van der Waals surface area (Å²) in [6.45, 7) is 2.02. The number of hydrogen-bond donors (Lipinski definition) is 2. The lowest BCUT2D eigenvalue weighted by molar-refractivity contribution is -0.117. The number of fused-ring (bicyclic) bond motifs is 1. The number of aryl methyl sites for hydroxylation is 1. The molecular formula is C13H12N2OS. The second kappa shape index (κ2) is 3.89. The average Bonchev–Trinajstić information content (AvgIpc) is 2.76. The van der Waals surface area contributed by atoms with Crippen LogP contribution in [0.25, 0.3) is 0 Å². The minimum absolute atomic E-state index is 0.00481. The fourth-order valence-electron chi connectivity index (χ4n) is 2.06. The quantitative estimate of drug-likeness (QED) is 0.809. The van der Waals surface area contributed by atoms with Crippen LogP contribution in [0.15, 0.2) is 35.0 Å². The highest BCUT2D eigenvalue weighted by molar-refractivity contribution is 7.09. The Hall–Kier alpha value is -1.81. The van der Waals surface area contributed by atoms with Crippen molar-refractivity contribution in [2.75, 3.05) is 10.6 Å². The topological polar surface area (TPSA) is 41.1 Å². The van der Waals surface area contributed by atoms with Crippen molar-refractivity contribution in [1.29, 1.82) is 0 Å². The Bertz CT molecular complexity index is 576. The molecule has 1 atom stereocenters. The third-order valence-corrected chi connectivity index (χ3v) is 3.72. The van der Waals surface area contributed by atoms with Gasteiger partial charge in [0.05, 0.1) is 11.4 Å². The fraction of sp³-hybridized carbons (Fsp3) is 0.154. The van der Waals surface area contributed by atoms with Crippen molar-refractivity contribution in [3.63, 3.8) is 0 Å². The maximum atomic E-state index is 12.0. The molecule has 1 aromatic heterocycles. The van der Waals surface area contributed by atoms with Gasteiger partial charge in [-0.2, -0.15) is 0 Å². The van der Waals surface area contributed by atoms with Crippen molar-refractivity contribution in [2.24, 2.45) is 0 Å². The summed E-state index contributed by atoms with van der Waals surface area (Å²) in [4.78, 5) is 12.0. The predicted octanol–water partition coefficient (Wildman–Crippen LogP) is 3.16. The molecule has 86 valence electrons. The third-order valence-electron chi connectivity index (χ3n) is 2.98. The van der Waals surface area contributed by atoms with Crippen molar-refractivity contribution in [3.05, 3.63) is 46.2 Å². The molecule has 0 fully saturated rings. The van der Waals surface area contributed by atoms with Crippen molar-refractivity contribution in [1.82, 2.24) is 0 Å². The van der Waals surface area contributed by atoms with E-state index in [1.54, 1.807) is 11.3 Å². The normalized spacial score (nSPS) is 18.2. The van der Waals surface area contributed by atoms with Crippen LogP contribution in [0.2, 0.25) is 0 Å². The van der Waals surface area contributed by atoms with Crippen LogP contribution >= 0.6 is 11.3 Å². The van der Waals surface area contributed by atoms with Gasteiger partial charge in [-0.3, -0.25) is 4.79 Å². The molecule has 0 aliphatic carbocycles. The number of benzene rings is 1. The van der Waals surface area contributed by atoms with Gasteiger partial charge >= 0.3 is 0 Å². The van der Waals surface area contributed by atoms with Gasteiger partial charge in [-0.15, -0.1) is 11.3 Å². The zero-order valence-corrected chi connectivity index (χ0v) is 10.2. The summed E-state index contributed by atoms with van der Waals surface area (Å²) >= 11 is 1.58. The predicted molar refractivity (Wildman–Crippen MR) is 70.5 cm³/mol. The van der Waals surface area contributed by atoms with Gasteiger partial charge < -0.3 is 10.6 Å².